The molecule has 0 fully saturated rings. The Morgan fingerprint density at radius 2 is 1.86 bits per heavy atom. The van der Waals surface area contributed by atoms with Crippen LogP contribution in [-0.2, 0) is 4.74 Å². The first kappa shape index (κ1) is 13.6. The summed E-state index contributed by atoms with van der Waals surface area (Å²) < 4.78 is 4.78. The fourth-order valence-electron chi connectivity index (χ4n) is 2.38. The van der Waals surface area contributed by atoms with Crippen molar-refractivity contribution in [2.75, 3.05) is 12.8 Å². The molecule has 0 radical (unpaired) electrons. The fraction of sp³-hybridized carbons (Fsp3) is 0.118. The van der Waals surface area contributed by atoms with Gasteiger partial charge in [0.1, 0.15) is 4.88 Å². The summed E-state index contributed by atoms with van der Waals surface area (Å²) in [6.07, 6.45) is 0. The average Bonchev–Trinajstić information content (AvgIpc) is 2.82. The Kier molecular flexibility index (Phi) is 3.39. The van der Waals surface area contributed by atoms with Crippen LogP contribution in [0.5, 0.6) is 0 Å². The number of fused-ring (bicyclic) bond motifs is 1. The Morgan fingerprint density at radius 1 is 1.14 bits per heavy atom. The summed E-state index contributed by atoms with van der Waals surface area (Å²) in [6, 6.07) is 14.4. The van der Waals surface area contributed by atoms with Gasteiger partial charge in [-0.05, 0) is 34.9 Å². The second-order valence-corrected chi connectivity index (χ2v) is 5.87. The summed E-state index contributed by atoms with van der Waals surface area (Å²) in [7, 11) is 1.37. The maximum atomic E-state index is 11.8. The van der Waals surface area contributed by atoms with Crippen molar-refractivity contribution >= 4 is 33.8 Å². The number of carbonyl (C=O) groups is 1. The second-order valence-electron chi connectivity index (χ2n) is 4.85. The van der Waals surface area contributed by atoms with E-state index in [-0.39, 0.29) is 5.97 Å². The average molecular weight is 297 g/mol. The highest BCUT2D eigenvalue weighted by Gasteiger charge is 2.19. The quantitative estimate of drug-likeness (QED) is 0.720. The third kappa shape index (κ3) is 2.28. The van der Waals surface area contributed by atoms with Gasteiger partial charge in [0, 0.05) is 4.88 Å². The number of anilines is 1. The van der Waals surface area contributed by atoms with Crippen molar-refractivity contribution in [1.82, 2.24) is 0 Å². The Morgan fingerprint density at radius 3 is 2.57 bits per heavy atom. The number of methoxy groups -OCH3 is 1. The topological polar surface area (TPSA) is 52.3 Å². The molecule has 0 aliphatic heterocycles. The monoisotopic (exact) mass is 297 g/mol. The SMILES string of the molecule is COC(=O)c1sc(-c2ccc3ccccc3c2)c(C)c1N. The lowest BCUT2D eigenvalue weighted by Crippen LogP contribution is -2.01. The zero-order valence-electron chi connectivity index (χ0n) is 11.8. The van der Waals surface area contributed by atoms with Gasteiger partial charge in [0.2, 0.25) is 0 Å². The van der Waals surface area contributed by atoms with Gasteiger partial charge in [-0.15, -0.1) is 11.3 Å². The number of hydrogen-bond donors (Lipinski definition) is 1. The van der Waals surface area contributed by atoms with Crippen molar-refractivity contribution in [2.45, 2.75) is 6.92 Å². The molecular formula is C17H15NO2S. The van der Waals surface area contributed by atoms with Gasteiger partial charge in [-0.2, -0.15) is 0 Å². The highest BCUT2D eigenvalue weighted by Crippen LogP contribution is 2.39. The first-order chi connectivity index (χ1) is 10.1. The van der Waals surface area contributed by atoms with Crippen molar-refractivity contribution < 1.29 is 9.53 Å². The minimum absolute atomic E-state index is 0.382. The summed E-state index contributed by atoms with van der Waals surface area (Å²) in [6.45, 7) is 1.93. The maximum absolute atomic E-state index is 11.8. The number of benzene rings is 2. The standard InChI is InChI=1S/C17H15NO2S/c1-10-14(18)16(17(19)20-2)21-15(10)13-8-7-11-5-3-4-6-12(11)9-13/h3-9H,18H2,1-2H3. The van der Waals surface area contributed by atoms with Crippen molar-refractivity contribution in [1.29, 1.82) is 0 Å². The third-order valence-electron chi connectivity index (χ3n) is 3.58. The fourth-order valence-corrected chi connectivity index (χ4v) is 3.52. The minimum Gasteiger partial charge on any atom is -0.465 e. The smallest absolute Gasteiger partial charge is 0.350 e. The molecule has 0 unspecified atom stereocenters. The molecule has 3 rings (SSSR count). The molecule has 0 aliphatic carbocycles. The summed E-state index contributed by atoms with van der Waals surface area (Å²) >= 11 is 1.38. The molecule has 2 aromatic carbocycles. The molecule has 2 N–H and O–H groups in total. The molecule has 106 valence electrons. The molecule has 0 amide bonds. The third-order valence-corrected chi connectivity index (χ3v) is 4.91. The highest BCUT2D eigenvalue weighted by atomic mass is 32.1. The van der Waals surface area contributed by atoms with Crippen molar-refractivity contribution in [3.63, 3.8) is 0 Å². The van der Waals surface area contributed by atoms with E-state index in [2.05, 4.69) is 30.3 Å². The van der Waals surface area contributed by atoms with E-state index in [1.807, 2.05) is 19.1 Å². The molecule has 0 saturated heterocycles. The largest absolute Gasteiger partial charge is 0.465 e. The summed E-state index contributed by atoms with van der Waals surface area (Å²) in [4.78, 5) is 13.2. The minimum atomic E-state index is -0.382. The Bertz CT molecular complexity index is 836. The first-order valence-electron chi connectivity index (χ1n) is 6.58. The van der Waals surface area contributed by atoms with Crippen molar-refractivity contribution in [3.05, 3.63) is 52.9 Å². The molecular weight excluding hydrogens is 282 g/mol. The number of thiophene rings is 1. The van der Waals surface area contributed by atoms with Gasteiger partial charge in [-0.1, -0.05) is 36.4 Å². The molecule has 1 heterocycles. The molecule has 0 bridgehead atoms. The van der Waals surface area contributed by atoms with Crippen LogP contribution in [0.1, 0.15) is 15.2 Å². The summed E-state index contributed by atoms with van der Waals surface area (Å²) in [5.41, 5.74) is 8.54. The van der Waals surface area contributed by atoms with Crippen LogP contribution in [0.2, 0.25) is 0 Å². The van der Waals surface area contributed by atoms with Gasteiger partial charge in [0.05, 0.1) is 12.8 Å². The normalized spacial score (nSPS) is 10.8. The van der Waals surface area contributed by atoms with Crippen LogP contribution in [0.3, 0.4) is 0 Å². The lowest BCUT2D eigenvalue weighted by atomic mass is 10.0. The number of carbonyl (C=O) groups excluding carboxylic acids is 1. The molecule has 3 aromatic rings. The number of esters is 1. The Balaban J connectivity index is 2.16. The Hall–Kier alpha value is -2.33. The van der Waals surface area contributed by atoms with E-state index in [0.717, 1.165) is 16.0 Å². The number of nitrogen functional groups attached to an aromatic ring is 1. The number of rotatable bonds is 2. The van der Waals surface area contributed by atoms with E-state index in [1.165, 1.54) is 29.2 Å². The van der Waals surface area contributed by atoms with Crippen LogP contribution < -0.4 is 5.73 Å². The highest BCUT2D eigenvalue weighted by molar-refractivity contribution is 7.18. The van der Waals surface area contributed by atoms with Crippen molar-refractivity contribution in [3.8, 4) is 10.4 Å². The van der Waals surface area contributed by atoms with E-state index in [1.54, 1.807) is 0 Å². The van der Waals surface area contributed by atoms with Crippen LogP contribution in [0.15, 0.2) is 42.5 Å². The van der Waals surface area contributed by atoms with Gasteiger partial charge in [0.15, 0.2) is 0 Å². The zero-order valence-corrected chi connectivity index (χ0v) is 12.7. The van der Waals surface area contributed by atoms with Crippen LogP contribution >= 0.6 is 11.3 Å². The molecule has 0 aliphatic rings. The van der Waals surface area contributed by atoms with Crippen molar-refractivity contribution in [2.24, 2.45) is 0 Å². The van der Waals surface area contributed by atoms with Crippen LogP contribution in [0, 0.1) is 6.92 Å². The zero-order chi connectivity index (χ0) is 15.0. The van der Waals surface area contributed by atoms with Gasteiger partial charge >= 0.3 is 5.97 Å². The van der Waals surface area contributed by atoms with Gasteiger partial charge in [-0.3, -0.25) is 0 Å². The van der Waals surface area contributed by atoms with Gasteiger partial charge in [-0.25, -0.2) is 4.79 Å². The van der Waals surface area contributed by atoms with E-state index in [4.69, 9.17) is 10.5 Å². The lowest BCUT2D eigenvalue weighted by molar-refractivity contribution is 0.0607. The molecule has 0 spiro atoms. The van der Waals surface area contributed by atoms with Crippen LogP contribution in [0.4, 0.5) is 5.69 Å². The molecule has 4 heteroatoms. The number of nitrogens with two attached hydrogens (primary N) is 1. The van der Waals surface area contributed by atoms with E-state index >= 15 is 0 Å². The van der Waals surface area contributed by atoms with Crippen LogP contribution in [-0.4, -0.2) is 13.1 Å². The van der Waals surface area contributed by atoms with E-state index in [9.17, 15) is 4.79 Å². The predicted molar refractivity (Wildman–Crippen MR) is 87.7 cm³/mol. The summed E-state index contributed by atoms with van der Waals surface area (Å²) in [5.74, 6) is -0.382. The molecule has 0 atom stereocenters. The summed E-state index contributed by atoms with van der Waals surface area (Å²) in [5, 5.41) is 2.36. The second kappa shape index (κ2) is 5.22. The first-order valence-corrected chi connectivity index (χ1v) is 7.40. The van der Waals surface area contributed by atoms with E-state index in [0.29, 0.717) is 10.6 Å². The van der Waals surface area contributed by atoms with Crippen LogP contribution in [0.25, 0.3) is 21.2 Å². The Labute approximate surface area is 127 Å². The van der Waals surface area contributed by atoms with Gasteiger partial charge < -0.3 is 10.5 Å². The molecule has 0 saturated carbocycles. The predicted octanol–water partition coefficient (Wildman–Crippen LogP) is 4.25. The number of hydrogen-bond acceptors (Lipinski definition) is 4. The number of ether oxygens (including phenoxy) is 1. The molecule has 1 aromatic heterocycles. The molecule has 3 nitrogen and oxygen atoms in total. The van der Waals surface area contributed by atoms with Gasteiger partial charge in [0.25, 0.3) is 0 Å². The molecule has 21 heavy (non-hydrogen) atoms. The lowest BCUT2D eigenvalue weighted by Gasteiger charge is -2.03. The maximum Gasteiger partial charge on any atom is 0.350 e. The van der Waals surface area contributed by atoms with E-state index < -0.39 is 0 Å².